The summed E-state index contributed by atoms with van der Waals surface area (Å²) in [6.07, 6.45) is 16.7. The first kappa shape index (κ1) is 31.7. The number of aliphatic carboxylic acids is 1. The molecule has 2 saturated heterocycles. The summed E-state index contributed by atoms with van der Waals surface area (Å²) < 4.78 is 30.4. The minimum Gasteiger partial charge on any atom is -0.490 e. The van der Waals surface area contributed by atoms with Gasteiger partial charge in [-0.1, -0.05) is 48.0 Å². The number of carboxylic acid groups (broad SMARTS) is 1. The van der Waals surface area contributed by atoms with Gasteiger partial charge in [-0.05, 0) is 75.5 Å². The lowest BCUT2D eigenvalue weighted by molar-refractivity contribution is -0.195. The Balaban J connectivity index is 1.45. The van der Waals surface area contributed by atoms with Crippen molar-refractivity contribution in [3.05, 3.63) is 65.7 Å². The van der Waals surface area contributed by atoms with Gasteiger partial charge < -0.3 is 33.9 Å². The third-order valence-corrected chi connectivity index (χ3v) is 7.92. The Bertz CT molecular complexity index is 1010. The molecule has 226 valence electrons. The molecule has 2 aliphatic heterocycles. The van der Waals surface area contributed by atoms with Crippen LogP contribution in [0, 0.1) is 11.8 Å². The largest absolute Gasteiger partial charge is 0.490 e. The highest BCUT2D eigenvalue weighted by Crippen LogP contribution is 2.39. The van der Waals surface area contributed by atoms with E-state index in [-0.39, 0.29) is 43.2 Å². The van der Waals surface area contributed by atoms with E-state index in [9.17, 15) is 9.90 Å². The molecule has 4 rings (SSSR count). The van der Waals surface area contributed by atoms with Gasteiger partial charge in [0.25, 0.3) is 0 Å². The molecule has 0 radical (unpaired) electrons. The van der Waals surface area contributed by atoms with Crippen LogP contribution >= 0.6 is 11.6 Å². The van der Waals surface area contributed by atoms with Crippen LogP contribution in [0.1, 0.15) is 57.8 Å². The highest BCUT2D eigenvalue weighted by molar-refractivity contribution is 6.30. The highest BCUT2D eigenvalue weighted by atomic mass is 35.5. The Morgan fingerprint density at radius 1 is 1.07 bits per heavy atom. The van der Waals surface area contributed by atoms with E-state index in [2.05, 4.69) is 0 Å². The molecule has 3 aliphatic rings. The maximum Gasteiger partial charge on any atom is 0.327 e. The van der Waals surface area contributed by atoms with Crippen molar-refractivity contribution in [1.82, 2.24) is 0 Å². The number of hydrogen-bond donors (Lipinski definition) is 2. The fraction of sp³-hybridized carbons (Fsp3) is 0.594. The quantitative estimate of drug-likeness (QED) is 0.199. The molecule has 9 heteroatoms. The SMILES string of the molecule is O=C(O)C=CCC=CC[C@@H]1[C@@H](C=C[C@H](COc2cccc(Cl)c2)OC2CCCCO2)[C@H](O)C[C@@H]1OC1CCCCO1. The van der Waals surface area contributed by atoms with Crippen LogP contribution in [0.25, 0.3) is 0 Å². The normalized spacial score (nSPS) is 29.9. The first-order valence-corrected chi connectivity index (χ1v) is 15.2. The predicted octanol–water partition coefficient (Wildman–Crippen LogP) is 6.07. The molecule has 3 fully saturated rings. The first-order valence-electron chi connectivity index (χ1n) is 14.8. The smallest absolute Gasteiger partial charge is 0.327 e. The topological polar surface area (TPSA) is 104 Å². The van der Waals surface area contributed by atoms with Crippen LogP contribution in [0.3, 0.4) is 0 Å². The van der Waals surface area contributed by atoms with Crippen molar-refractivity contribution in [3.63, 3.8) is 0 Å². The highest BCUT2D eigenvalue weighted by Gasteiger charge is 2.42. The molecule has 0 aromatic heterocycles. The average Bonchev–Trinajstić information content (AvgIpc) is 3.26. The van der Waals surface area contributed by atoms with Crippen molar-refractivity contribution in [2.75, 3.05) is 19.8 Å². The Morgan fingerprint density at radius 2 is 1.85 bits per heavy atom. The Labute approximate surface area is 247 Å². The van der Waals surface area contributed by atoms with Crippen molar-refractivity contribution in [2.24, 2.45) is 11.8 Å². The lowest BCUT2D eigenvalue weighted by Crippen LogP contribution is -2.31. The van der Waals surface area contributed by atoms with E-state index in [0.717, 1.165) is 44.6 Å². The molecule has 1 aliphatic carbocycles. The van der Waals surface area contributed by atoms with Gasteiger partial charge in [0.15, 0.2) is 12.6 Å². The van der Waals surface area contributed by atoms with Crippen molar-refractivity contribution in [2.45, 2.75) is 88.7 Å². The van der Waals surface area contributed by atoms with Crippen LogP contribution in [0.2, 0.25) is 5.02 Å². The summed E-state index contributed by atoms with van der Waals surface area (Å²) in [5.74, 6) is -0.441. The van der Waals surface area contributed by atoms with Gasteiger partial charge in [-0.2, -0.15) is 0 Å². The molecule has 8 nitrogen and oxygen atoms in total. The van der Waals surface area contributed by atoms with E-state index in [4.69, 9.17) is 40.4 Å². The monoisotopic (exact) mass is 590 g/mol. The van der Waals surface area contributed by atoms with Crippen LogP contribution in [-0.2, 0) is 23.7 Å². The van der Waals surface area contributed by atoms with E-state index in [1.54, 1.807) is 18.2 Å². The maximum atomic E-state index is 11.1. The lowest BCUT2D eigenvalue weighted by Gasteiger charge is -2.29. The second-order valence-electron chi connectivity index (χ2n) is 10.8. The van der Waals surface area contributed by atoms with Gasteiger partial charge in [-0.25, -0.2) is 4.79 Å². The molecular weight excluding hydrogens is 548 g/mol. The fourth-order valence-electron chi connectivity index (χ4n) is 5.59. The van der Waals surface area contributed by atoms with Gasteiger partial charge in [0.05, 0.1) is 12.2 Å². The molecule has 2 unspecified atom stereocenters. The molecule has 1 aromatic carbocycles. The molecule has 0 amide bonds. The van der Waals surface area contributed by atoms with Crippen LogP contribution in [-0.4, -0.2) is 66.9 Å². The van der Waals surface area contributed by atoms with E-state index in [1.165, 1.54) is 0 Å². The Kier molecular flexibility index (Phi) is 13.2. The number of allylic oxidation sites excluding steroid dienone is 3. The lowest BCUT2D eigenvalue weighted by atomic mass is 9.89. The molecule has 2 heterocycles. The summed E-state index contributed by atoms with van der Waals surface area (Å²) in [7, 11) is 0. The Hall–Kier alpha value is -2.20. The van der Waals surface area contributed by atoms with Crippen molar-refractivity contribution in [1.29, 1.82) is 0 Å². The molecule has 2 N–H and O–H groups in total. The molecule has 41 heavy (non-hydrogen) atoms. The van der Waals surface area contributed by atoms with E-state index in [0.29, 0.717) is 43.2 Å². The minimum atomic E-state index is -0.960. The summed E-state index contributed by atoms with van der Waals surface area (Å²) >= 11 is 6.13. The van der Waals surface area contributed by atoms with Crippen LogP contribution < -0.4 is 4.74 Å². The number of aliphatic hydroxyl groups is 1. The number of benzene rings is 1. The van der Waals surface area contributed by atoms with Gasteiger partial charge in [0.2, 0.25) is 0 Å². The molecule has 0 spiro atoms. The molecule has 1 aromatic rings. The number of carbonyl (C=O) groups is 1. The van der Waals surface area contributed by atoms with Crippen LogP contribution in [0.5, 0.6) is 5.75 Å². The zero-order chi connectivity index (χ0) is 28.9. The van der Waals surface area contributed by atoms with Gasteiger partial charge >= 0.3 is 5.97 Å². The number of halogens is 1. The number of carboxylic acids is 1. The van der Waals surface area contributed by atoms with Gasteiger partial charge in [-0.15, -0.1) is 0 Å². The average molecular weight is 591 g/mol. The molecule has 0 bridgehead atoms. The molecule has 1 saturated carbocycles. The van der Waals surface area contributed by atoms with E-state index in [1.807, 2.05) is 36.4 Å². The number of ether oxygens (including phenoxy) is 5. The maximum absolute atomic E-state index is 11.1. The van der Waals surface area contributed by atoms with Crippen molar-refractivity contribution >= 4 is 17.6 Å². The molecular formula is C32H43ClO8. The van der Waals surface area contributed by atoms with Crippen LogP contribution in [0.15, 0.2) is 60.7 Å². The second kappa shape index (κ2) is 17.0. The third-order valence-electron chi connectivity index (χ3n) is 7.68. The van der Waals surface area contributed by atoms with Crippen LogP contribution in [0.4, 0.5) is 0 Å². The number of rotatable bonds is 14. The van der Waals surface area contributed by atoms with E-state index >= 15 is 0 Å². The summed E-state index contributed by atoms with van der Waals surface area (Å²) in [5.41, 5.74) is 0. The van der Waals surface area contributed by atoms with Gasteiger partial charge in [0, 0.05) is 36.7 Å². The number of hydrogen-bond acceptors (Lipinski definition) is 7. The summed E-state index contributed by atoms with van der Waals surface area (Å²) in [4.78, 5) is 10.7. The fourth-order valence-corrected chi connectivity index (χ4v) is 5.77. The molecule has 7 atom stereocenters. The summed E-state index contributed by atoms with van der Waals surface area (Å²) in [5, 5.41) is 20.6. The van der Waals surface area contributed by atoms with Crippen molar-refractivity contribution < 1.29 is 38.7 Å². The number of aliphatic hydroxyl groups excluding tert-OH is 1. The van der Waals surface area contributed by atoms with E-state index < -0.39 is 12.1 Å². The van der Waals surface area contributed by atoms with Crippen molar-refractivity contribution in [3.8, 4) is 5.75 Å². The first-order chi connectivity index (χ1) is 20.0. The second-order valence-corrected chi connectivity index (χ2v) is 11.3. The van der Waals surface area contributed by atoms with Gasteiger partial charge in [0.1, 0.15) is 18.5 Å². The zero-order valence-electron chi connectivity index (χ0n) is 23.5. The predicted molar refractivity (Wildman–Crippen MR) is 156 cm³/mol. The summed E-state index contributed by atoms with van der Waals surface area (Å²) in [6, 6.07) is 7.26. The minimum absolute atomic E-state index is 0.0203. The third kappa shape index (κ3) is 10.9. The Morgan fingerprint density at radius 3 is 2.56 bits per heavy atom. The summed E-state index contributed by atoms with van der Waals surface area (Å²) in [6.45, 7) is 1.64. The zero-order valence-corrected chi connectivity index (χ0v) is 24.3. The van der Waals surface area contributed by atoms with Gasteiger partial charge in [-0.3, -0.25) is 0 Å². The standard InChI is InChI=1S/C32H43ClO8/c33-23-10-9-11-24(20-23)39-22-25(40-31-14-5-7-18-37-31)16-17-26-27(12-3-1-2-4-13-30(35)36)29(21-28(26)34)41-32-15-6-8-19-38-32/h1,3-4,9-11,13,16-17,20,25-29,31-32,34H,2,5-8,12,14-15,18-19,21-22H2,(H,35,36)/t25-,26-,27-,28-,29+,31?,32?/m1/s1.